The van der Waals surface area contributed by atoms with E-state index in [2.05, 4.69) is 10.3 Å². The van der Waals surface area contributed by atoms with Crippen LogP contribution in [-0.2, 0) is 17.8 Å². The Balaban J connectivity index is 1.36. The van der Waals surface area contributed by atoms with Crippen LogP contribution < -0.4 is 19.5 Å². The Morgan fingerprint density at radius 3 is 2.70 bits per heavy atom. The molecule has 1 N–H and O–H groups in total. The topological polar surface area (TPSA) is 69.7 Å². The van der Waals surface area contributed by atoms with Crippen molar-refractivity contribution >= 4 is 46.3 Å². The SMILES string of the molecule is CSc1cc2c(cc1NC(=O)Cc1csc(COc3ccc(Cl)cc3)n1)OCCO2. The van der Waals surface area contributed by atoms with Crippen molar-refractivity contribution in [2.45, 2.75) is 17.9 Å². The number of rotatable bonds is 7. The predicted molar refractivity (Wildman–Crippen MR) is 119 cm³/mol. The number of halogens is 1. The third-order valence-corrected chi connectivity index (χ3v) is 6.16. The van der Waals surface area contributed by atoms with Gasteiger partial charge in [0, 0.05) is 21.4 Å². The van der Waals surface area contributed by atoms with E-state index in [9.17, 15) is 4.79 Å². The zero-order chi connectivity index (χ0) is 20.9. The van der Waals surface area contributed by atoms with Gasteiger partial charge < -0.3 is 19.5 Å². The minimum Gasteiger partial charge on any atom is -0.486 e. The molecule has 0 radical (unpaired) electrons. The smallest absolute Gasteiger partial charge is 0.230 e. The van der Waals surface area contributed by atoms with Crippen LogP contribution in [-0.4, -0.2) is 30.4 Å². The van der Waals surface area contributed by atoms with Gasteiger partial charge in [0.05, 0.1) is 17.8 Å². The molecule has 4 rings (SSSR count). The number of carbonyl (C=O) groups excluding carboxylic acids is 1. The number of carbonyl (C=O) groups is 1. The molecule has 6 nitrogen and oxygen atoms in total. The molecule has 2 aromatic carbocycles. The molecule has 2 heterocycles. The summed E-state index contributed by atoms with van der Waals surface area (Å²) < 4.78 is 16.9. The van der Waals surface area contributed by atoms with Gasteiger partial charge in [0.15, 0.2) is 11.5 Å². The summed E-state index contributed by atoms with van der Waals surface area (Å²) >= 11 is 8.88. The molecule has 0 saturated heterocycles. The highest BCUT2D eigenvalue weighted by Gasteiger charge is 2.17. The Labute approximate surface area is 187 Å². The molecule has 156 valence electrons. The lowest BCUT2D eigenvalue weighted by molar-refractivity contribution is -0.115. The second-order valence-electron chi connectivity index (χ2n) is 6.40. The molecule has 1 aliphatic rings. The van der Waals surface area contributed by atoms with E-state index in [0.717, 1.165) is 15.7 Å². The summed E-state index contributed by atoms with van der Waals surface area (Å²) in [5.41, 5.74) is 1.41. The lowest BCUT2D eigenvalue weighted by Gasteiger charge is -2.20. The van der Waals surface area contributed by atoms with Gasteiger partial charge in [0.1, 0.15) is 30.6 Å². The number of nitrogens with zero attached hydrogens (tertiary/aromatic N) is 1. The Morgan fingerprint density at radius 1 is 1.23 bits per heavy atom. The van der Waals surface area contributed by atoms with Crippen molar-refractivity contribution in [3.63, 3.8) is 0 Å². The maximum absolute atomic E-state index is 12.6. The number of benzene rings is 2. The fraction of sp³-hybridized carbons (Fsp3) is 0.238. The van der Waals surface area contributed by atoms with Crippen LogP contribution in [0.25, 0.3) is 0 Å². The normalized spacial score (nSPS) is 12.5. The molecule has 0 bridgehead atoms. The molecule has 0 fully saturated rings. The van der Waals surface area contributed by atoms with Crippen LogP contribution in [0.2, 0.25) is 5.02 Å². The summed E-state index contributed by atoms with van der Waals surface area (Å²) in [6, 6.07) is 10.9. The van der Waals surface area contributed by atoms with Crippen molar-refractivity contribution in [3.05, 3.63) is 57.5 Å². The van der Waals surface area contributed by atoms with Gasteiger partial charge in [0.2, 0.25) is 5.91 Å². The Kier molecular flexibility index (Phi) is 6.66. The first-order valence-corrected chi connectivity index (χ1v) is 11.7. The molecular weight excluding hydrogens is 444 g/mol. The number of hydrogen-bond acceptors (Lipinski definition) is 7. The minimum absolute atomic E-state index is 0.141. The highest BCUT2D eigenvalue weighted by molar-refractivity contribution is 7.98. The summed E-state index contributed by atoms with van der Waals surface area (Å²) in [5, 5.41) is 6.29. The molecule has 0 atom stereocenters. The van der Waals surface area contributed by atoms with E-state index in [1.54, 1.807) is 24.3 Å². The Hall–Kier alpha value is -2.42. The molecule has 1 amide bonds. The van der Waals surface area contributed by atoms with Gasteiger partial charge in [-0.1, -0.05) is 11.6 Å². The zero-order valence-corrected chi connectivity index (χ0v) is 18.5. The quantitative estimate of drug-likeness (QED) is 0.495. The molecule has 0 saturated carbocycles. The molecule has 30 heavy (non-hydrogen) atoms. The van der Waals surface area contributed by atoms with Crippen LogP contribution >= 0.6 is 34.7 Å². The monoisotopic (exact) mass is 462 g/mol. The van der Waals surface area contributed by atoms with Crippen molar-refractivity contribution in [1.29, 1.82) is 0 Å². The number of fused-ring (bicyclic) bond motifs is 1. The van der Waals surface area contributed by atoms with Crippen molar-refractivity contribution in [2.24, 2.45) is 0 Å². The third kappa shape index (κ3) is 5.19. The highest BCUT2D eigenvalue weighted by atomic mass is 35.5. The van der Waals surface area contributed by atoms with E-state index in [0.29, 0.717) is 47.7 Å². The van der Waals surface area contributed by atoms with Gasteiger partial charge >= 0.3 is 0 Å². The molecule has 9 heteroatoms. The van der Waals surface area contributed by atoms with Crippen LogP contribution in [0.4, 0.5) is 5.69 Å². The van der Waals surface area contributed by atoms with E-state index in [1.165, 1.54) is 23.1 Å². The van der Waals surface area contributed by atoms with Crippen molar-refractivity contribution < 1.29 is 19.0 Å². The highest BCUT2D eigenvalue weighted by Crippen LogP contribution is 2.39. The fourth-order valence-electron chi connectivity index (χ4n) is 2.87. The molecule has 1 aliphatic heterocycles. The standard InChI is InChI=1S/C21H19ClN2O4S2/c1-29-19-10-18-17(26-6-7-27-18)9-16(19)24-20(25)8-14-12-30-21(23-14)11-28-15-4-2-13(22)3-5-15/h2-5,9-10,12H,6-8,11H2,1H3,(H,24,25). The number of thioether (sulfide) groups is 1. The first-order chi connectivity index (χ1) is 14.6. The Bertz CT molecular complexity index is 1040. The van der Waals surface area contributed by atoms with Gasteiger partial charge in [-0.05, 0) is 36.6 Å². The number of anilines is 1. The number of amides is 1. The van der Waals surface area contributed by atoms with Crippen molar-refractivity contribution in [1.82, 2.24) is 4.98 Å². The van der Waals surface area contributed by atoms with Gasteiger partial charge in [-0.3, -0.25) is 4.79 Å². The maximum atomic E-state index is 12.6. The van der Waals surface area contributed by atoms with E-state index < -0.39 is 0 Å². The van der Waals surface area contributed by atoms with E-state index in [4.69, 9.17) is 25.8 Å². The van der Waals surface area contributed by atoms with Crippen LogP contribution in [0, 0.1) is 0 Å². The lowest BCUT2D eigenvalue weighted by Crippen LogP contribution is -2.18. The predicted octanol–water partition coefficient (Wildman–Crippen LogP) is 5.05. The van der Waals surface area contributed by atoms with Crippen LogP contribution in [0.3, 0.4) is 0 Å². The lowest BCUT2D eigenvalue weighted by atomic mass is 10.2. The molecule has 0 aliphatic carbocycles. The van der Waals surface area contributed by atoms with Gasteiger partial charge in [-0.15, -0.1) is 23.1 Å². The summed E-state index contributed by atoms with van der Waals surface area (Å²) in [7, 11) is 0. The van der Waals surface area contributed by atoms with Gasteiger partial charge in [0.25, 0.3) is 0 Å². The van der Waals surface area contributed by atoms with E-state index >= 15 is 0 Å². The van der Waals surface area contributed by atoms with Crippen LogP contribution in [0.5, 0.6) is 17.2 Å². The summed E-state index contributed by atoms with van der Waals surface area (Å²) in [6.07, 6.45) is 2.13. The van der Waals surface area contributed by atoms with E-state index in [-0.39, 0.29) is 12.3 Å². The van der Waals surface area contributed by atoms with Gasteiger partial charge in [-0.25, -0.2) is 4.98 Å². The second-order valence-corrected chi connectivity index (χ2v) is 8.62. The van der Waals surface area contributed by atoms with E-state index in [1.807, 2.05) is 23.8 Å². The molecule has 0 unspecified atom stereocenters. The largest absolute Gasteiger partial charge is 0.486 e. The Morgan fingerprint density at radius 2 is 1.97 bits per heavy atom. The number of hydrogen-bond donors (Lipinski definition) is 1. The number of ether oxygens (including phenoxy) is 3. The molecular formula is C21H19ClN2O4S2. The molecule has 3 aromatic rings. The summed E-state index contributed by atoms with van der Waals surface area (Å²) in [5.74, 6) is 1.92. The van der Waals surface area contributed by atoms with Crippen molar-refractivity contribution in [2.75, 3.05) is 24.8 Å². The first kappa shape index (κ1) is 20.8. The van der Waals surface area contributed by atoms with Crippen LogP contribution in [0.1, 0.15) is 10.7 Å². The number of thiazole rings is 1. The number of aromatic nitrogens is 1. The average molecular weight is 463 g/mol. The number of nitrogens with one attached hydrogen (secondary N) is 1. The molecule has 0 spiro atoms. The summed E-state index contributed by atoms with van der Waals surface area (Å²) in [6.45, 7) is 1.37. The maximum Gasteiger partial charge on any atom is 0.230 e. The average Bonchev–Trinajstić information content (AvgIpc) is 3.20. The second kappa shape index (κ2) is 9.59. The molecule has 1 aromatic heterocycles. The minimum atomic E-state index is -0.141. The zero-order valence-electron chi connectivity index (χ0n) is 16.1. The first-order valence-electron chi connectivity index (χ1n) is 9.20. The van der Waals surface area contributed by atoms with Gasteiger partial charge in [-0.2, -0.15) is 0 Å². The third-order valence-electron chi connectivity index (χ3n) is 4.26. The van der Waals surface area contributed by atoms with Crippen LogP contribution in [0.15, 0.2) is 46.7 Å². The fourth-order valence-corrected chi connectivity index (χ4v) is 4.25. The van der Waals surface area contributed by atoms with Crippen molar-refractivity contribution in [3.8, 4) is 17.2 Å². The summed E-state index contributed by atoms with van der Waals surface area (Å²) in [4.78, 5) is 18.0.